The van der Waals surface area contributed by atoms with Gasteiger partial charge in [-0.3, -0.25) is 0 Å². The highest BCUT2D eigenvalue weighted by molar-refractivity contribution is 9.48. The van der Waals surface area contributed by atoms with Gasteiger partial charge in [0.2, 0.25) is 3.12 Å². The molecular weight excluding hydrogens is 413 g/mol. The van der Waals surface area contributed by atoms with Crippen molar-refractivity contribution >= 4 is 85.9 Å². The molecule has 0 aromatic rings. The van der Waals surface area contributed by atoms with Crippen LogP contribution in [0.25, 0.3) is 0 Å². The molecule has 0 aromatic carbocycles. The fraction of sp³-hybridized carbons (Fsp3) is 1.00. The molecule has 0 aliphatic rings. The standard InChI is InChI=1S/C4H3Cl4F5S4/c5-1-14-17(4(11,12)13,15-2(9)10)16-3(6,7)8/h2H,1H2. The van der Waals surface area contributed by atoms with Gasteiger partial charge in [0.25, 0.3) is 5.76 Å². The minimum Gasteiger partial charge on any atom is -0.197 e. The van der Waals surface area contributed by atoms with Gasteiger partial charge in [0.05, 0.1) is 5.21 Å². The quantitative estimate of drug-likeness (QED) is 0.269. The summed E-state index contributed by atoms with van der Waals surface area (Å²) >= 11 is 20.9. The van der Waals surface area contributed by atoms with E-state index in [4.69, 9.17) is 46.4 Å². The molecule has 0 amide bonds. The zero-order valence-corrected chi connectivity index (χ0v) is 13.6. The van der Waals surface area contributed by atoms with Gasteiger partial charge >= 0.3 is 5.51 Å². The molecule has 0 spiro atoms. The zero-order chi connectivity index (χ0) is 13.9. The largest absolute Gasteiger partial charge is 0.451 e. The summed E-state index contributed by atoms with van der Waals surface area (Å²) in [7, 11) is -4.70. The lowest BCUT2D eigenvalue weighted by atomic mass is 11.6. The Hall–Kier alpha value is 2.21. The van der Waals surface area contributed by atoms with E-state index in [0.29, 0.717) is 0 Å². The lowest BCUT2D eigenvalue weighted by Gasteiger charge is -2.38. The van der Waals surface area contributed by atoms with Gasteiger partial charge in [-0.15, -0.1) is 11.6 Å². The minimum absolute atomic E-state index is 0.102. The maximum atomic E-state index is 12.9. The second kappa shape index (κ2) is 7.28. The van der Waals surface area contributed by atoms with Gasteiger partial charge in [0.1, 0.15) is 0 Å². The maximum absolute atomic E-state index is 12.9. The summed E-state index contributed by atoms with van der Waals surface area (Å²) in [6.07, 6.45) is 0. The molecule has 0 aliphatic carbocycles. The Morgan fingerprint density at radius 3 is 1.82 bits per heavy atom. The highest BCUT2D eigenvalue weighted by atomic mass is 35.6. The fourth-order valence-corrected chi connectivity index (χ4v) is 16.5. The second-order valence-electron chi connectivity index (χ2n) is 2.01. The molecule has 0 fully saturated rings. The van der Waals surface area contributed by atoms with E-state index in [0.717, 1.165) is 0 Å². The van der Waals surface area contributed by atoms with E-state index < -0.39 is 37.5 Å². The summed E-state index contributed by atoms with van der Waals surface area (Å²) in [6, 6.07) is 0. The van der Waals surface area contributed by atoms with Crippen LogP contribution in [0.2, 0.25) is 0 Å². The van der Waals surface area contributed by atoms with E-state index >= 15 is 0 Å². The van der Waals surface area contributed by atoms with Crippen molar-refractivity contribution in [3.05, 3.63) is 0 Å². The van der Waals surface area contributed by atoms with Crippen molar-refractivity contribution in [1.82, 2.24) is 0 Å². The van der Waals surface area contributed by atoms with Crippen LogP contribution in [-0.2, 0) is 0 Å². The average molecular weight is 416 g/mol. The molecule has 1 atom stereocenters. The Balaban J connectivity index is 5.25. The first kappa shape index (κ1) is 19.2. The van der Waals surface area contributed by atoms with Gasteiger partial charge in [-0.05, 0) is 21.6 Å². The lowest BCUT2D eigenvalue weighted by molar-refractivity contribution is -0.0327. The first-order chi connectivity index (χ1) is 7.43. The third-order valence-electron chi connectivity index (χ3n) is 0.887. The van der Waals surface area contributed by atoms with Crippen molar-refractivity contribution < 1.29 is 22.0 Å². The molecular formula is C4H3Cl4F5S4. The summed E-state index contributed by atoms with van der Waals surface area (Å²) in [4.78, 5) is 0. The molecule has 0 saturated carbocycles. The van der Waals surface area contributed by atoms with E-state index in [1.54, 1.807) is 0 Å². The number of halogens is 9. The van der Waals surface area contributed by atoms with Gasteiger partial charge in [-0.2, -0.15) is 22.0 Å². The predicted molar refractivity (Wildman–Crippen MR) is 73.4 cm³/mol. The summed E-state index contributed by atoms with van der Waals surface area (Å²) in [6.45, 7) is 0. The molecule has 0 saturated heterocycles. The first-order valence-corrected chi connectivity index (χ1v) is 10.8. The Morgan fingerprint density at radius 1 is 1.12 bits per heavy atom. The van der Waals surface area contributed by atoms with Crippen LogP contribution in [0.15, 0.2) is 0 Å². The zero-order valence-electron chi connectivity index (χ0n) is 7.32. The van der Waals surface area contributed by atoms with Gasteiger partial charge < -0.3 is 0 Å². The highest BCUT2D eigenvalue weighted by Gasteiger charge is 2.57. The highest BCUT2D eigenvalue weighted by Crippen LogP contribution is 2.89. The number of rotatable bonds is 5. The van der Waals surface area contributed by atoms with Gasteiger partial charge in [-0.1, -0.05) is 45.6 Å². The van der Waals surface area contributed by atoms with E-state index in [1.165, 1.54) is 0 Å². The normalized spacial score (nSPS) is 19.2. The van der Waals surface area contributed by atoms with Crippen LogP contribution in [-0.4, -0.2) is 19.6 Å². The Kier molecular flexibility index (Phi) is 8.23. The van der Waals surface area contributed by atoms with Crippen LogP contribution in [0.3, 0.4) is 0 Å². The maximum Gasteiger partial charge on any atom is 0.451 e. The second-order valence-corrected chi connectivity index (χ2v) is 17.0. The number of hydrogen-bond donors (Lipinski definition) is 0. The van der Waals surface area contributed by atoms with Crippen molar-refractivity contribution in [2.24, 2.45) is 0 Å². The van der Waals surface area contributed by atoms with Crippen LogP contribution < -0.4 is 0 Å². The van der Waals surface area contributed by atoms with Gasteiger partial charge in [-0.25, -0.2) is 0 Å². The molecule has 0 heterocycles. The molecule has 13 heteroatoms. The average Bonchev–Trinajstić information content (AvgIpc) is 1.96. The monoisotopic (exact) mass is 414 g/mol. The molecule has 17 heavy (non-hydrogen) atoms. The van der Waals surface area contributed by atoms with E-state index in [1.807, 2.05) is 0 Å². The van der Waals surface area contributed by atoms with Crippen molar-refractivity contribution in [2.75, 3.05) is 5.21 Å². The Labute approximate surface area is 127 Å². The third kappa shape index (κ3) is 6.97. The predicted octanol–water partition coefficient (Wildman–Crippen LogP) is 7.00. The molecule has 0 N–H and O–H groups in total. The topological polar surface area (TPSA) is 0 Å². The van der Waals surface area contributed by atoms with Crippen LogP contribution >= 0.6 is 85.9 Å². The molecule has 0 aliphatic heterocycles. The summed E-state index contributed by atoms with van der Waals surface area (Å²) < 4.78 is 60.7. The molecule has 1 unspecified atom stereocenters. The molecule has 0 rings (SSSR count). The van der Waals surface area contributed by atoms with Crippen LogP contribution in [0, 0.1) is 0 Å². The summed E-state index contributed by atoms with van der Waals surface area (Å²) in [5.41, 5.74) is -4.94. The van der Waals surface area contributed by atoms with Crippen LogP contribution in [0.4, 0.5) is 22.0 Å². The SMILES string of the molecule is FC(F)SS(SCCl)(SC(Cl)(Cl)Cl)C(F)(F)F. The van der Waals surface area contributed by atoms with Gasteiger partial charge in [0, 0.05) is 7.12 Å². The molecule has 0 radical (unpaired) electrons. The number of hydrogen-bond acceptors (Lipinski definition) is 3. The van der Waals surface area contributed by atoms with Crippen LogP contribution in [0.5, 0.6) is 0 Å². The number of alkyl halides is 9. The Bertz CT molecular complexity index is 245. The van der Waals surface area contributed by atoms with Crippen molar-refractivity contribution in [2.45, 2.75) is 14.4 Å². The first-order valence-electron chi connectivity index (χ1n) is 3.27. The summed E-state index contributed by atoms with van der Waals surface area (Å²) in [5.74, 6) is -3.25. The van der Waals surface area contributed by atoms with E-state index in [-0.39, 0.29) is 21.6 Å². The molecule has 0 nitrogen and oxygen atoms in total. The Morgan fingerprint density at radius 2 is 1.59 bits per heavy atom. The molecule has 0 aromatic heterocycles. The van der Waals surface area contributed by atoms with E-state index in [2.05, 4.69) is 0 Å². The van der Waals surface area contributed by atoms with Crippen molar-refractivity contribution in [3.63, 3.8) is 0 Å². The summed E-state index contributed by atoms with van der Waals surface area (Å²) in [5, 5.41) is -0.539. The minimum atomic E-state index is -4.94. The fourth-order valence-electron chi connectivity index (χ4n) is 0.519. The van der Waals surface area contributed by atoms with Crippen molar-refractivity contribution in [1.29, 1.82) is 0 Å². The lowest BCUT2D eigenvalue weighted by Crippen LogP contribution is -2.16. The molecule has 0 bridgehead atoms. The van der Waals surface area contributed by atoms with Crippen LogP contribution in [0.1, 0.15) is 0 Å². The van der Waals surface area contributed by atoms with Crippen molar-refractivity contribution in [3.8, 4) is 0 Å². The smallest absolute Gasteiger partial charge is 0.197 e. The third-order valence-corrected chi connectivity index (χ3v) is 14.9. The molecule has 106 valence electrons. The van der Waals surface area contributed by atoms with E-state index in [9.17, 15) is 22.0 Å². The van der Waals surface area contributed by atoms with Gasteiger partial charge in [0.15, 0.2) is 0 Å².